The van der Waals surface area contributed by atoms with Gasteiger partial charge < -0.3 is 39.6 Å². The van der Waals surface area contributed by atoms with Crippen LogP contribution < -0.4 is 5.32 Å². The van der Waals surface area contributed by atoms with Crippen LogP contribution in [0.5, 0.6) is 0 Å². The smallest absolute Gasteiger partial charge is 0.306 e. The molecule has 4 N–H and O–H groups in total. The van der Waals surface area contributed by atoms with Crippen molar-refractivity contribution >= 4 is 35.4 Å². The minimum Gasteiger partial charge on any atom is -0.481 e. The van der Waals surface area contributed by atoms with Crippen LogP contribution in [0.25, 0.3) is 0 Å². The number of carboxylic acid groups (broad SMARTS) is 3. The van der Waals surface area contributed by atoms with Crippen molar-refractivity contribution in [2.75, 3.05) is 59.4 Å². The molecule has 0 rings (SSSR count). The first-order valence-electron chi connectivity index (χ1n) is 20.8. The summed E-state index contributed by atoms with van der Waals surface area (Å²) < 4.78 is 21.9. The molecule has 2 atom stereocenters. The van der Waals surface area contributed by atoms with Gasteiger partial charge in [0.15, 0.2) is 0 Å². The first kappa shape index (κ1) is 52.1. The molecule has 0 aromatic carbocycles. The Bertz CT molecular complexity index is 1020. The zero-order chi connectivity index (χ0) is 40.8. The van der Waals surface area contributed by atoms with Crippen molar-refractivity contribution in [2.24, 2.45) is 11.8 Å². The lowest BCUT2D eigenvalue weighted by Crippen LogP contribution is -2.27. The van der Waals surface area contributed by atoms with Crippen LogP contribution in [0.4, 0.5) is 0 Å². The highest BCUT2D eigenvalue weighted by Gasteiger charge is 2.22. The third-order valence-corrected chi connectivity index (χ3v) is 9.33. The summed E-state index contributed by atoms with van der Waals surface area (Å²) in [6, 6.07) is 0. The normalized spacial score (nSPS) is 12.3. The molecular formula is C41H73NO13. The van der Waals surface area contributed by atoms with E-state index in [1.807, 2.05) is 0 Å². The molecule has 14 nitrogen and oxygen atoms in total. The predicted octanol–water partition coefficient (Wildman–Crippen LogP) is 6.79. The van der Waals surface area contributed by atoms with E-state index >= 15 is 0 Å². The van der Waals surface area contributed by atoms with E-state index < -0.39 is 29.7 Å². The Labute approximate surface area is 329 Å². The molecule has 0 heterocycles. The third kappa shape index (κ3) is 37.7. The topological polar surface area (TPSA) is 212 Å². The molecule has 0 saturated carbocycles. The molecule has 0 unspecified atom stereocenters. The van der Waals surface area contributed by atoms with Crippen molar-refractivity contribution in [1.29, 1.82) is 0 Å². The first-order chi connectivity index (χ1) is 26.5. The third-order valence-electron chi connectivity index (χ3n) is 9.33. The molecule has 55 heavy (non-hydrogen) atoms. The van der Waals surface area contributed by atoms with E-state index in [9.17, 15) is 33.9 Å². The van der Waals surface area contributed by atoms with Crippen LogP contribution in [0.1, 0.15) is 155 Å². The summed E-state index contributed by atoms with van der Waals surface area (Å²) in [7, 11) is 0. The van der Waals surface area contributed by atoms with Crippen LogP contribution in [0.2, 0.25) is 0 Å². The van der Waals surface area contributed by atoms with Crippen LogP contribution in [-0.4, -0.2) is 110 Å². The van der Waals surface area contributed by atoms with E-state index in [1.165, 1.54) is 44.9 Å². The van der Waals surface area contributed by atoms with E-state index in [1.54, 1.807) is 6.92 Å². The average molecular weight is 788 g/mol. The zero-order valence-corrected chi connectivity index (χ0v) is 33.7. The molecule has 0 aliphatic rings. The largest absolute Gasteiger partial charge is 0.481 e. The average Bonchev–Trinajstić information content (AvgIpc) is 3.14. The van der Waals surface area contributed by atoms with Crippen molar-refractivity contribution in [3.8, 4) is 0 Å². The first-order valence-corrected chi connectivity index (χ1v) is 20.8. The lowest BCUT2D eigenvalue weighted by Gasteiger charge is -2.12. The van der Waals surface area contributed by atoms with Gasteiger partial charge >= 0.3 is 17.9 Å². The van der Waals surface area contributed by atoms with Crippen LogP contribution >= 0.6 is 0 Å². The number of hydrogen-bond acceptors (Lipinski definition) is 10. The second-order valence-corrected chi connectivity index (χ2v) is 14.4. The number of ether oxygens (including phenoxy) is 4. The van der Waals surface area contributed by atoms with Crippen LogP contribution in [0.15, 0.2) is 0 Å². The van der Waals surface area contributed by atoms with Gasteiger partial charge in [-0.15, -0.1) is 0 Å². The predicted molar refractivity (Wildman–Crippen MR) is 208 cm³/mol. The summed E-state index contributed by atoms with van der Waals surface area (Å²) in [6.45, 7) is 4.99. The van der Waals surface area contributed by atoms with Gasteiger partial charge in [0.2, 0.25) is 5.91 Å². The second kappa shape index (κ2) is 38.0. The van der Waals surface area contributed by atoms with Crippen molar-refractivity contribution in [2.45, 2.75) is 155 Å². The molecule has 0 spiro atoms. The number of ketones is 2. The Kier molecular flexibility index (Phi) is 35.9. The number of unbranched alkanes of at least 4 members (excludes halogenated alkanes) is 12. The number of carbonyl (C=O) groups is 6. The Morgan fingerprint density at radius 1 is 0.455 bits per heavy atom. The Morgan fingerprint density at radius 2 is 0.927 bits per heavy atom. The molecule has 0 radical (unpaired) electrons. The summed E-state index contributed by atoms with van der Waals surface area (Å²) in [4.78, 5) is 69.3. The summed E-state index contributed by atoms with van der Waals surface area (Å²) in [5.41, 5.74) is 0. The maximum atomic E-state index is 12.3. The fourth-order valence-corrected chi connectivity index (χ4v) is 5.82. The highest BCUT2D eigenvalue weighted by atomic mass is 16.6. The molecule has 1 amide bonds. The second-order valence-electron chi connectivity index (χ2n) is 14.4. The fraction of sp³-hybridized carbons (Fsp3) is 0.854. The highest BCUT2D eigenvalue weighted by Crippen LogP contribution is 2.15. The van der Waals surface area contributed by atoms with E-state index in [2.05, 4.69) is 5.32 Å². The van der Waals surface area contributed by atoms with E-state index in [0.717, 1.165) is 32.1 Å². The Morgan fingerprint density at radius 3 is 1.44 bits per heavy atom. The van der Waals surface area contributed by atoms with Crippen molar-refractivity contribution < 1.29 is 63.0 Å². The van der Waals surface area contributed by atoms with Gasteiger partial charge in [-0.05, 0) is 38.5 Å². The summed E-state index contributed by atoms with van der Waals surface area (Å²) in [6.07, 6.45) is 17.6. The van der Waals surface area contributed by atoms with Crippen molar-refractivity contribution in [3.63, 3.8) is 0 Å². The quantitative estimate of drug-likeness (QED) is 0.0470. The lowest BCUT2D eigenvalue weighted by molar-refractivity contribution is -0.144. The fourth-order valence-electron chi connectivity index (χ4n) is 5.82. The molecule has 0 bridgehead atoms. The van der Waals surface area contributed by atoms with Crippen LogP contribution in [0, 0.1) is 11.8 Å². The maximum Gasteiger partial charge on any atom is 0.306 e. The van der Waals surface area contributed by atoms with Crippen molar-refractivity contribution in [1.82, 2.24) is 5.32 Å². The van der Waals surface area contributed by atoms with Gasteiger partial charge in [0.05, 0.1) is 58.1 Å². The zero-order valence-electron chi connectivity index (χ0n) is 33.7. The van der Waals surface area contributed by atoms with E-state index in [0.29, 0.717) is 90.5 Å². The molecule has 0 aromatic heterocycles. The van der Waals surface area contributed by atoms with E-state index in [4.69, 9.17) is 29.2 Å². The summed E-state index contributed by atoms with van der Waals surface area (Å²) in [5, 5.41) is 29.7. The lowest BCUT2D eigenvalue weighted by atomic mass is 9.96. The highest BCUT2D eigenvalue weighted by molar-refractivity contribution is 5.84. The van der Waals surface area contributed by atoms with Gasteiger partial charge in [0, 0.05) is 51.7 Å². The monoisotopic (exact) mass is 788 g/mol. The maximum absolute atomic E-state index is 12.3. The van der Waals surface area contributed by atoms with Gasteiger partial charge in [-0.2, -0.15) is 0 Å². The molecule has 0 aromatic rings. The number of rotatable bonds is 43. The van der Waals surface area contributed by atoms with Gasteiger partial charge in [-0.25, -0.2) is 0 Å². The van der Waals surface area contributed by atoms with Crippen molar-refractivity contribution in [3.05, 3.63) is 0 Å². The summed E-state index contributed by atoms with van der Waals surface area (Å²) in [5.74, 6) is -4.28. The van der Waals surface area contributed by atoms with E-state index in [-0.39, 0.29) is 57.0 Å². The van der Waals surface area contributed by atoms with Crippen LogP contribution in [0.3, 0.4) is 0 Å². The number of nitrogens with one attached hydrogen (secondary N) is 1. The Balaban J connectivity index is 3.52. The standard InChI is InChI=1S/C41H73NO13/c1-34(40(48)49)17-14-15-24-42-38(45)22-21-35(41(50)51)33-37(44)23-26-53-28-30-55-32-31-54-29-27-52-25-16-19-36(43)18-12-10-8-6-4-2-3-5-7-9-11-13-20-39(46)47/h34-35H,2-33H2,1H3,(H,42,45)(H,46,47)(H,48,49)(H,50,51)/t34-,35-/m0/s1. The number of carbonyl (C=O) groups excluding carboxylic acids is 3. The number of amides is 1. The molecule has 0 saturated heterocycles. The summed E-state index contributed by atoms with van der Waals surface area (Å²) >= 11 is 0. The SMILES string of the molecule is C[C@@H](CCCCNC(=O)CC[C@@H](CC(=O)CCOCCOCCOCCOCCCC(=O)CCCCCCCCCCCCCCC(=O)O)C(=O)O)C(=O)O. The minimum absolute atomic E-state index is 0.00494. The molecule has 0 aliphatic carbocycles. The van der Waals surface area contributed by atoms with Gasteiger partial charge in [0.1, 0.15) is 11.6 Å². The van der Waals surface area contributed by atoms with Gasteiger partial charge in [-0.1, -0.05) is 77.6 Å². The van der Waals surface area contributed by atoms with Gasteiger partial charge in [-0.3, -0.25) is 28.8 Å². The number of hydrogen-bond donors (Lipinski definition) is 4. The molecule has 0 aliphatic heterocycles. The number of aliphatic carboxylic acids is 3. The minimum atomic E-state index is -1.12. The molecular weight excluding hydrogens is 714 g/mol. The molecule has 14 heteroatoms. The number of carboxylic acids is 3. The number of Topliss-reactive ketones (excluding diaryl/α,β-unsaturated/α-hetero) is 2. The molecule has 0 fully saturated rings. The van der Waals surface area contributed by atoms with Crippen LogP contribution in [-0.2, 0) is 47.7 Å². The Hall–Kier alpha value is -2.94. The molecule has 320 valence electrons. The van der Waals surface area contributed by atoms with Gasteiger partial charge in [0.25, 0.3) is 0 Å².